The van der Waals surface area contributed by atoms with Crippen molar-refractivity contribution in [1.29, 1.82) is 5.26 Å². The second-order valence-electron chi connectivity index (χ2n) is 3.52. The lowest BCUT2D eigenvalue weighted by Gasteiger charge is -2.18. The molecule has 1 saturated heterocycles. The van der Waals surface area contributed by atoms with Gasteiger partial charge in [-0.15, -0.1) is 11.3 Å². The van der Waals surface area contributed by atoms with Crippen molar-refractivity contribution in [1.82, 2.24) is 4.90 Å². The van der Waals surface area contributed by atoms with Crippen LogP contribution in [0.5, 0.6) is 0 Å². The fourth-order valence-electron chi connectivity index (χ4n) is 1.74. The van der Waals surface area contributed by atoms with Gasteiger partial charge in [0.25, 0.3) is 5.91 Å². The van der Waals surface area contributed by atoms with Crippen molar-refractivity contribution >= 4 is 49.1 Å². The molecule has 1 aliphatic heterocycles. The van der Waals surface area contributed by atoms with Crippen LogP contribution >= 0.6 is 43.2 Å². The third-order valence-corrected chi connectivity index (χ3v) is 5.76. The number of thiophene rings is 1. The summed E-state index contributed by atoms with van der Waals surface area (Å²) in [6.45, 7) is 0.685. The summed E-state index contributed by atoms with van der Waals surface area (Å²) >= 11 is 8.10. The Hall–Kier alpha value is -0.380. The lowest BCUT2D eigenvalue weighted by molar-refractivity contribution is 0.0769. The van der Waals surface area contributed by atoms with E-state index >= 15 is 0 Å². The summed E-state index contributed by atoms with van der Waals surface area (Å²) in [4.78, 5) is 14.5. The van der Waals surface area contributed by atoms with E-state index in [4.69, 9.17) is 5.26 Å². The molecule has 0 bridgehead atoms. The molecule has 2 rings (SSSR count). The van der Waals surface area contributed by atoms with Crippen LogP contribution < -0.4 is 0 Å². The second-order valence-corrected chi connectivity index (χ2v) is 6.74. The molecule has 0 spiro atoms. The molecule has 0 aliphatic carbocycles. The third kappa shape index (κ3) is 2.17. The Morgan fingerprint density at radius 3 is 2.94 bits per heavy atom. The predicted octanol–water partition coefficient (Wildman–Crippen LogP) is 3.40. The fourth-order valence-corrected chi connectivity index (χ4v) is 3.73. The molecular weight excluding hydrogens is 356 g/mol. The molecule has 1 aliphatic rings. The van der Waals surface area contributed by atoms with Crippen molar-refractivity contribution in [2.24, 2.45) is 0 Å². The number of nitriles is 1. The highest BCUT2D eigenvalue weighted by atomic mass is 79.9. The number of carbonyl (C=O) groups is 1. The first-order valence-corrected chi connectivity index (χ1v) is 7.19. The molecule has 0 radical (unpaired) electrons. The van der Waals surface area contributed by atoms with Gasteiger partial charge in [0.1, 0.15) is 6.04 Å². The first kappa shape index (κ1) is 12.1. The van der Waals surface area contributed by atoms with Crippen molar-refractivity contribution in [3.8, 4) is 6.07 Å². The average molecular weight is 364 g/mol. The maximum Gasteiger partial charge on any atom is 0.265 e. The highest BCUT2D eigenvalue weighted by Crippen LogP contribution is 2.34. The summed E-state index contributed by atoms with van der Waals surface area (Å²) in [5.41, 5.74) is 0. The van der Waals surface area contributed by atoms with Crippen molar-refractivity contribution < 1.29 is 4.79 Å². The van der Waals surface area contributed by atoms with Gasteiger partial charge in [0, 0.05) is 11.0 Å². The zero-order valence-electron chi connectivity index (χ0n) is 8.24. The first-order valence-electron chi connectivity index (χ1n) is 4.79. The Morgan fingerprint density at radius 2 is 2.38 bits per heavy atom. The Morgan fingerprint density at radius 1 is 1.62 bits per heavy atom. The van der Waals surface area contributed by atoms with Crippen LogP contribution in [0.1, 0.15) is 22.5 Å². The Kier molecular flexibility index (Phi) is 3.67. The summed E-state index contributed by atoms with van der Waals surface area (Å²) in [5, 5.41) is 8.93. The molecule has 0 aromatic carbocycles. The van der Waals surface area contributed by atoms with Crippen molar-refractivity contribution in [2.75, 3.05) is 6.54 Å². The number of amides is 1. The molecule has 0 N–H and O–H groups in total. The largest absolute Gasteiger partial charge is 0.322 e. The molecule has 1 fully saturated rings. The third-order valence-electron chi connectivity index (χ3n) is 2.52. The zero-order chi connectivity index (χ0) is 11.7. The molecule has 2 heterocycles. The lowest BCUT2D eigenvalue weighted by atomic mass is 10.2. The predicted molar refractivity (Wildman–Crippen MR) is 69.4 cm³/mol. The maximum absolute atomic E-state index is 12.1. The van der Waals surface area contributed by atoms with E-state index in [2.05, 4.69) is 37.9 Å². The van der Waals surface area contributed by atoms with Crippen LogP contribution in [0.15, 0.2) is 14.3 Å². The standard InChI is InChI=1S/C10H8Br2N2OS/c11-7-4-8(16-9(7)12)10(15)14-3-1-2-6(14)5-13/h4,6H,1-3H2. The Bertz CT molecular complexity index is 446. The van der Waals surface area contributed by atoms with Crippen LogP contribution in [0.25, 0.3) is 0 Å². The molecular formula is C10H8Br2N2OS. The zero-order valence-corrected chi connectivity index (χ0v) is 12.2. The number of rotatable bonds is 1. The quantitative estimate of drug-likeness (QED) is 0.767. The maximum atomic E-state index is 12.1. The van der Waals surface area contributed by atoms with Crippen LogP contribution in [-0.4, -0.2) is 23.4 Å². The highest BCUT2D eigenvalue weighted by molar-refractivity contribution is 9.13. The molecule has 84 valence electrons. The first-order chi connectivity index (χ1) is 7.63. The van der Waals surface area contributed by atoms with E-state index in [0.717, 1.165) is 21.1 Å². The summed E-state index contributed by atoms with van der Waals surface area (Å²) in [7, 11) is 0. The van der Waals surface area contributed by atoms with Gasteiger partial charge in [-0.3, -0.25) is 4.79 Å². The van der Waals surface area contributed by atoms with Crippen molar-refractivity contribution in [3.63, 3.8) is 0 Å². The number of likely N-dealkylation sites (tertiary alicyclic amines) is 1. The van der Waals surface area contributed by atoms with Gasteiger partial charge >= 0.3 is 0 Å². The van der Waals surface area contributed by atoms with E-state index in [0.29, 0.717) is 11.4 Å². The number of hydrogen-bond acceptors (Lipinski definition) is 3. The molecule has 1 amide bonds. The monoisotopic (exact) mass is 362 g/mol. The number of nitrogens with zero attached hydrogens (tertiary/aromatic N) is 2. The van der Waals surface area contributed by atoms with Crippen molar-refractivity contribution in [3.05, 3.63) is 19.2 Å². The summed E-state index contributed by atoms with van der Waals surface area (Å²) < 4.78 is 1.79. The van der Waals surface area contributed by atoms with E-state index in [9.17, 15) is 4.79 Å². The van der Waals surface area contributed by atoms with Crippen LogP contribution in [-0.2, 0) is 0 Å². The minimum Gasteiger partial charge on any atom is -0.322 e. The highest BCUT2D eigenvalue weighted by Gasteiger charge is 2.30. The lowest BCUT2D eigenvalue weighted by Crippen LogP contribution is -2.34. The van der Waals surface area contributed by atoms with Crippen molar-refractivity contribution in [2.45, 2.75) is 18.9 Å². The van der Waals surface area contributed by atoms with E-state index in [-0.39, 0.29) is 11.9 Å². The molecule has 16 heavy (non-hydrogen) atoms. The SMILES string of the molecule is N#CC1CCCN1C(=O)c1cc(Br)c(Br)s1. The van der Waals surface area contributed by atoms with Gasteiger partial charge in [-0.05, 0) is 50.8 Å². The summed E-state index contributed by atoms with van der Waals surface area (Å²) in [6, 6.07) is 3.71. The molecule has 1 aromatic rings. The van der Waals surface area contributed by atoms with Gasteiger partial charge in [-0.1, -0.05) is 0 Å². The fraction of sp³-hybridized carbons (Fsp3) is 0.400. The topological polar surface area (TPSA) is 44.1 Å². The molecule has 6 heteroatoms. The smallest absolute Gasteiger partial charge is 0.265 e. The van der Waals surface area contributed by atoms with Gasteiger partial charge in [0.15, 0.2) is 0 Å². The van der Waals surface area contributed by atoms with E-state index in [1.54, 1.807) is 11.0 Å². The molecule has 3 nitrogen and oxygen atoms in total. The van der Waals surface area contributed by atoms with Crippen LogP contribution in [0.2, 0.25) is 0 Å². The Balaban J connectivity index is 2.22. The number of hydrogen-bond donors (Lipinski definition) is 0. The molecule has 1 atom stereocenters. The van der Waals surface area contributed by atoms with Crippen LogP contribution in [0.4, 0.5) is 0 Å². The van der Waals surface area contributed by atoms with Gasteiger partial charge in [0.05, 0.1) is 14.7 Å². The Labute approximate surface area is 114 Å². The van der Waals surface area contributed by atoms with Gasteiger partial charge in [-0.25, -0.2) is 0 Å². The van der Waals surface area contributed by atoms with Gasteiger partial charge in [-0.2, -0.15) is 5.26 Å². The summed E-state index contributed by atoms with van der Waals surface area (Å²) in [5.74, 6) is -0.0412. The summed E-state index contributed by atoms with van der Waals surface area (Å²) in [6.07, 6.45) is 1.70. The minimum atomic E-state index is -0.257. The molecule has 1 aromatic heterocycles. The molecule has 0 saturated carbocycles. The average Bonchev–Trinajstić information content (AvgIpc) is 2.85. The second kappa shape index (κ2) is 4.86. The normalized spacial score (nSPS) is 19.8. The van der Waals surface area contributed by atoms with Crippen LogP contribution in [0.3, 0.4) is 0 Å². The molecule has 1 unspecified atom stereocenters. The van der Waals surface area contributed by atoms with Gasteiger partial charge < -0.3 is 4.90 Å². The number of carbonyl (C=O) groups excluding carboxylic acids is 1. The number of halogens is 2. The van der Waals surface area contributed by atoms with E-state index in [1.165, 1.54) is 11.3 Å². The van der Waals surface area contributed by atoms with E-state index < -0.39 is 0 Å². The minimum absolute atomic E-state index is 0.0412. The van der Waals surface area contributed by atoms with Crippen LogP contribution in [0, 0.1) is 11.3 Å². The van der Waals surface area contributed by atoms with Gasteiger partial charge in [0.2, 0.25) is 0 Å². The van der Waals surface area contributed by atoms with E-state index in [1.807, 2.05) is 0 Å².